The lowest BCUT2D eigenvalue weighted by molar-refractivity contribution is 0.250. The molecular weight excluding hydrogens is 507 g/mol. The topological polar surface area (TPSA) is 104 Å². The van der Waals surface area contributed by atoms with Crippen LogP contribution in [0.4, 0.5) is 10.5 Å². The highest BCUT2D eigenvalue weighted by Gasteiger charge is 2.13. The average molecular weight is 542 g/mol. The molecule has 0 aliphatic heterocycles. The molecule has 9 heteroatoms. The molecule has 2 amide bonds. The molecule has 31 heavy (non-hydrogen) atoms. The average Bonchev–Trinajstić information content (AvgIpc) is 3.18. The molecule has 4 N–H and O–H groups in total. The van der Waals surface area contributed by atoms with Crippen molar-refractivity contribution in [2.24, 2.45) is 4.99 Å². The molecule has 0 atom stereocenters. The number of carbonyl (C=O) groups excluding carboxylic acids is 1. The first-order chi connectivity index (χ1) is 14.4. The minimum atomic E-state index is -0.208. The summed E-state index contributed by atoms with van der Waals surface area (Å²) in [6.07, 6.45) is 2.10. The van der Waals surface area contributed by atoms with Crippen molar-refractivity contribution >= 4 is 41.7 Å². The molecule has 2 rings (SSSR count). The van der Waals surface area contributed by atoms with Gasteiger partial charge >= 0.3 is 6.03 Å². The highest BCUT2D eigenvalue weighted by molar-refractivity contribution is 14.0. The zero-order valence-electron chi connectivity index (χ0n) is 19.0. The van der Waals surface area contributed by atoms with Crippen LogP contribution in [0.1, 0.15) is 63.5 Å². The number of hydrogen-bond acceptors (Lipinski definition) is 4. The van der Waals surface area contributed by atoms with Gasteiger partial charge in [0.05, 0.1) is 12.2 Å². The van der Waals surface area contributed by atoms with Gasteiger partial charge in [0.1, 0.15) is 0 Å². The molecule has 0 bridgehead atoms. The number of carbonyl (C=O) groups is 1. The summed E-state index contributed by atoms with van der Waals surface area (Å²) in [5.41, 5.74) is 2.83. The molecule has 0 spiro atoms. The molecule has 8 nitrogen and oxygen atoms in total. The van der Waals surface area contributed by atoms with Gasteiger partial charge in [-0.25, -0.2) is 4.79 Å². The molecular formula is C22H35IN6O2. The van der Waals surface area contributed by atoms with Crippen LogP contribution in [-0.2, 0) is 13.1 Å². The Hall–Kier alpha value is -2.30. The second kappa shape index (κ2) is 13.9. The Morgan fingerprint density at radius 3 is 2.32 bits per heavy atom. The number of nitrogens with zero attached hydrogens (tertiary/aromatic N) is 2. The minimum Gasteiger partial charge on any atom is -0.359 e. The van der Waals surface area contributed by atoms with Gasteiger partial charge in [0, 0.05) is 37.3 Å². The first kappa shape index (κ1) is 26.7. The third kappa shape index (κ3) is 9.16. The lowest BCUT2D eigenvalue weighted by Crippen LogP contribution is -2.36. The van der Waals surface area contributed by atoms with E-state index in [0.717, 1.165) is 35.5 Å². The molecule has 1 aromatic heterocycles. The number of guanidine groups is 1. The van der Waals surface area contributed by atoms with Crippen molar-refractivity contribution in [2.75, 3.05) is 12.4 Å². The molecule has 2 aromatic rings. The van der Waals surface area contributed by atoms with Crippen LogP contribution in [0.5, 0.6) is 0 Å². The third-order valence-electron chi connectivity index (χ3n) is 4.73. The van der Waals surface area contributed by atoms with Crippen molar-refractivity contribution in [2.45, 2.75) is 65.6 Å². The van der Waals surface area contributed by atoms with E-state index in [0.29, 0.717) is 25.0 Å². The Balaban J connectivity index is 0.00000480. The number of anilines is 1. The number of rotatable bonds is 9. The van der Waals surface area contributed by atoms with Crippen molar-refractivity contribution < 1.29 is 9.32 Å². The predicted octanol–water partition coefficient (Wildman–Crippen LogP) is 4.59. The standard InChI is InChI=1S/C22H34N6O2.HI/c1-6-17(7-2)20-12-19(30-28-20)14-25-21(23-5)24-13-16-8-10-18(11-9-16)27-22(29)26-15(3)4;/h8-12,15,17H,6-7,13-14H2,1-5H3,(H2,23,24,25)(H2,26,27,29);1H. The Morgan fingerprint density at radius 1 is 1.10 bits per heavy atom. The largest absolute Gasteiger partial charge is 0.359 e. The van der Waals surface area contributed by atoms with Crippen LogP contribution in [0.15, 0.2) is 39.8 Å². The molecule has 0 radical (unpaired) electrons. The van der Waals surface area contributed by atoms with Gasteiger partial charge in [-0.2, -0.15) is 0 Å². The Morgan fingerprint density at radius 2 is 1.74 bits per heavy atom. The van der Waals surface area contributed by atoms with E-state index in [9.17, 15) is 4.79 Å². The zero-order chi connectivity index (χ0) is 21.9. The van der Waals surface area contributed by atoms with E-state index in [1.165, 1.54) is 0 Å². The van der Waals surface area contributed by atoms with Crippen LogP contribution in [-0.4, -0.2) is 30.2 Å². The number of amides is 2. The lowest BCUT2D eigenvalue weighted by atomic mass is 9.99. The van der Waals surface area contributed by atoms with Crippen molar-refractivity contribution in [3.8, 4) is 0 Å². The molecule has 0 aliphatic rings. The normalized spacial score (nSPS) is 11.3. The number of urea groups is 1. The summed E-state index contributed by atoms with van der Waals surface area (Å²) in [4.78, 5) is 16.0. The molecule has 0 saturated carbocycles. The van der Waals surface area contributed by atoms with E-state index in [-0.39, 0.29) is 36.0 Å². The van der Waals surface area contributed by atoms with E-state index in [4.69, 9.17) is 4.52 Å². The van der Waals surface area contributed by atoms with E-state index >= 15 is 0 Å². The number of aromatic nitrogens is 1. The van der Waals surface area contributed by atoms with Crippen LogP contribution < -0.4 is 21.3 Å². The fourth-order valence-electron chi connectivity index (χ4n) is 3.02. The molecule has 1 aromatic carbocycles. The fourth-order valence-corrected chi connectivity index (χ4v) is 3.02. The molecule has 0 fully saturated rings. The van der Waals surface area contributed by atoms with E-state index in [1.807, 2.05) is 44.2 Å². The first-order valence-electron chi connectivity index (χ1n) is 10.5. The maximum atomic E-state index is 11.8. The molecule has 172 valence electrons. The number of nitrogens with one attached hydrogen (secondary N) is 4. The number of hydrogen-bond donors (Lipinski definition) is 4. The Bertz CT molecular complexity index is 816. The highest BCUT2D eigenvalue weighted by atomic mass is 127. The van der Waals surface area contributed by atoms with E-state index in [1.54, 1.807) is 7.05 Å². The quantitative estimate of drug-likeness (QED) is 0.211. The van der Waals surface area contributed by atoms with Crippen LogP contribution >= 0.6 is 24.0 Å². The van der Waals surface area contributed by atoms with Gasteiger partial charge in [-0.3, -0.25) is 4.99 Å². The van der Waals surface area contributed by atoms with Crippen LogP contribution in [0, 0.1) is 0 Å². The number of aliphatic imine (C=N–C) groups is 1. The van der Waals surface area contributed by atoms with Gasteiger partial charge < -0.3 is 25.8 Å². The molecule has 0 saturated heterocycles. The van der Waals surface area contributed by atoms with Crippen molar-refractivity contribution in [3.05, 3.63) is 47.3 Å². The van der Waals surface area contributed by atoms with Gasteiger partial charge in [-0.05, 0) is 44.4 Å². The second-order valence-electron chi connectivity index (χ2n) is 7.46. The molecule has 0 aliphatic carbocycles. The van der Waals surface area contributed by atoms with Gasteiger partial charge in [0.2, 0.25) is 0 Å². The molecule has 1 heterocycles. The maximum Gasteiger partial charge on any atom is 0.319 e. The zero-order valence-corrected chi connectivity index (χ0v) is 21.3. The van der Waals surface area contributed by atoms with Crippen LogP contribution in [0.2, 0.25) is 0 Å². The van der Waals surface area contributed by atoms with Crippen LogP contribution in [0.25, 0.3) is 0 Å². The number of benzene rings is 1. The lowest BCUT2D eigenvalue weighted by Gasteiger charge is -2.12. The highest BCUT2D eigenvalue weighted by Crippen LogP contribution is 2.22. The van der Waals surface area contributed by atoms with Crippen molar-refractivity contribution in [3.63, 3.8) is 0 Å². The Kier molecular flexibility index (Phi) is 12.0. The molecule has 0 unspecified atom stereocenters. The number of halogens is 1. The minimum absolute atomic E-state index is 0. The third-order valence-corrected chi connectivity index (χ3v) is 4.73. The monoisotopic (exact) mass is 542 g/mol. The SMILES string of the molecule is CCC(CC)c1cc(CNC(=NC)NCc2ccc(NC(=O)NC(C)C)cc2)on1.I. The summed E-state index contributed by atoms with van der Waals surface area (Å²) in [7, 11) is 1.73. The van der Waals surface area contributed by atoms with Crippen molar-refractivity contribution in [1.82, 2.24) is 21.1 Å². The van der Waals surface area contributed by atoms with E-state index < -0.39 is 0 Å². The van der Waals surface area contributed by atoms with E-state index in [2.05, 4.69) is 45.3 Å². The summed E-state index contributed by atoms with van der Waals surface area (Å²) in [5, 5.41) is 16.3. The smallest absolute Gasteiger partial charge is 0.319 e. The Labute approximate surface area is 202 Å². The predicted molar refractivity (Wildman–Crippen MR) is 136 cm³/mol. The van der Waals surface area contributed by atoms with Crippen LogP contribution in [0.3, 0.4) is 0 Å². The summed E-state index contributed by atoms with van der Waals surface area (Å²) in [5.74, 6) is 1.90. The summed E-state index contributed by atoms with van der Waals surface area (Å²) in [6, 6.07) is 9.57. The maximum absolute atomic E-state index is 11.8. The van der Waals surface area contributed by atoms with Gasteiger partial charge in [0.25, 0.3) is 0 Å². The fraction of sp³-hybridized carbons (Fsp3) is 0.500. The van der Waals surface area contributed by atoms with Gasteiger partial charge in [-0.1, -0.05) is 31.1 Å². The summed E-state index contributed by atoms with van der Waals surface area (Å²) >= 11 is 0. The first-order valence-corrected chi connectivity index (χ1v) is 10.5. The van der Waals surface area contributed by atoms with Gasteiger partial charge in [0.15, 0.2) is 11.7 Å². The van der Waals surface area contributed by atoms with Crippen molar-refractivity contribution in [1.29, 1.82) is 0 Å². The van der Waals surface area contributed by atoms with Gasteiger partial charge in [-0.15, -0.1) is 24.0 Å². The second-order valence-corrected chi connectivity index (χ2v) is 7.46. The summed E-state index contributed by atoms with van der Waals surface area (Å²) < 4.78 is 5.44. The summed E-state index contributed by atoms with van der Waals surface area (Å²) in [6.45, 7) is 9.28.